The maximum atomic E-state index is 4.12. The number of hydrogen-bond acceptors (Lipinski definition) is 1. The molecular formula is C4H11PS. The minimum atomic E-state index is 0.826. The molecule has 0 rings (SSSR count). The summed E-state index contributed by atoms with van der Waals surface area (Å²) < 4.78 is 0. The van der Waals surface area contributed by atoms with Crippen LogP contribution >= 0.6 is 20.0 Å². The zero-order valence-corrected chi connectivity index (χ0v) is 6.13. The van der Waals surface area contributed by atoms with Crippen molar-refractivity contribution < 1.29 is 0 Å². The van der Waals surface area contributed by atoms with E-state index in [0.29, 0.717) is 0 Å². The lowest BCUT2D eigenvalue weighted by Crippen LogP contribution is -1.83. The molecule has 0 radical (unpaired) electrons. The summed E-state index contributed by atoms with van der Waals surface area (Å²) in [5, 5.41) is 0. The molecule has 0 spiro atoms. The van der Waals surface area contributed by atoms with Gasteiger partial charge in [0.2, 0.25) is 0 Å². The Morgan fingerprint density at radius 3 is 2.33 bits per heavy atom. The summed E-state index contributed by atoms with van der Waals surface area (Å²) >= 11 is 4.12. The highest BCUT2D eigenvalue weighted by Crippen LogP contribution is 2.24. The fourth-order valence-corrected chi connectivity index (χ4v) is 0.822. The predicted molar refractivity (Wildman–Crippen MR) is 37.1 cm³/mol. The van der Waals surface area contributed by atoms with Gasteiger partial charge in [0, 0.05) is 0 Å². The van der Waals surface area contributed by atoms with Crippen molar-refractivity contribution in [2.75, 3.05) is 0 Å². The Morgan fingerprint density at radius 1 is 1.83 bits per heavy atom. The van der Waals surface area contributed by atoms with Gasteiger partial charge in [0.05, 0.1) is 0 Å². The van der Waals surface area contributed by atoms with Gasteiger partial charge in [0.25, 0.3) is 0 Å². The van der Waals surface area contributed by atoms with Gasteiger partial charge in [-0.15, -0.1) is 0 Å². The first-order chi connectivity index (χ1) is 2.81. The quantitative estimate of drug-likeness (QED) is 0.421. The smallest absolute Gasteiger partial charge is 0.0178 e. The second-order valence-corrected chi connectivity index (χ2v) is 3.46. The van der Waals surface area contributed by atoms with Gasteiger partial charge in [0.15, 0.2) is 0 Å². The van der Waals surface area contributed by atoms with Gasteiger partial charge < -0.3 is 0 Å². The van der Waals surface area contributed by atoms with Gasteiger partial charge in [-0.2, -0.15) is 12.2 Å². The molecule has 2 unspecified atom stereocenters. The van der Waals surface area contributed by atoms with Crippen molar-refractivity contribution in [2.45, 2.75) is 25.9 Å². The van der Waals surface area contributed by atoms with Crippen LogP contribution in [-0.4, -0.2) is 5.66 Å². The van der Waals surface area contributed by atoms with E-state index in [4.69, 9.17) is 0 Å². The molecule has 0 aliphatic carbocycles. The van der Waals surface area contributed by atoms with Crippen molar-refractivity contribution in [3.63, 3.8) is 0 Å². The molecule has 0 aromatic heterocycles. The van der Waals surface area contributed by atoms with Crippen LogP contribution in [0.2, 0.25) is 0 Å². The van der Waals surface area contributed by atoms with Crippen molar-refractivity contribution in [3.8, 4) is 0 Å². The second-order valence-electron chi connectivity index (χ2n) is 1.44. The van der Waals surface area contributed by atoms with E-state index < -0.39 is 0 Å². The van der Waals surface area contributed by atoms with E-state index in [1.165, 1.54) is 6.42 Å². The molecule has 0 bridgehead atoms. The summed E-state index contributed by atoms with van der Waals surface area (Å²) in [5.41, 5.74) is 0.827. The van der Waals surface area contributed by atoms with E-state index in [1.54, 1.807) is 0 Å². The Bertz CT molecular complexity index is 26.7. The molecular weight excluding hydrogens is 111 g/mol. The first-order valence-electron chi connectivity index (χ1n) is 2.20. The maximum absolute atomic E-state index is 4.12. The normalized spacial score (nSPS) is 16.5. The fourth-order valence-electron chi connectivity index (χ4n) is 0.0913. The molecule has 0 aromatic carbocycles. The van der Waals surface area contributed by atoms with Crippen LogP contribution < -0.4 is 0 Å². The summed E-state index contributed by atoms with van der Waals surface area (Å²) in [7, 11) is 0.826. The van der Waals surface area contributed by atoms with Crippen LogP contribution in [0.4, 0.5) is 0 Å². The predicted octanol–water partition coefficient (Wildman–Crippen LogP) is 2.31. The Labute approximate surface area is 46.7 Å². The summed E-state index contributed by atoms with van der Waals surface area (Å²) in [6.07, 6.45) is 1.27. The molecule has 2 atom stereocenters. The zero-order valence-electron chi connectivity index (χ0n) is 4.23. The molecule has 0 aliphatic rings. The molecule has 0 aromatic rings. The molecule has 0 nitrogen and oxygen atoms in total. The number of hydrogen-bond donors (Lipinski definition) is 1. The van der Waals surface area contributed by atoms with E-state index >= 15 is 0 Å². The van der Waals surface area contributed by atoms with Crippen LogP contribution in [0.15, 0.2) is 0 Å². The lowest BCUT2D eigenvalue weighted by atomic mass is 10.4. The highest BCUT2D eigenvalue weighted by atomic mass is 32.7. The number of thiol groups is 1. The van der Waals surface area contributed by atoms with Crippen LogP contribution in [0, 0.1) is 0 Å². The van der Waals surface area contributed by atoms with Crippen molar-refractivity contribution in [3.05, 3.63) is 0 Å². The van der Waals surface area contributed by atoms with E-state index in [9.17, 15) is 0 Å². The highest BCUT2D eigenvalue weighted by Gasteiger charge is 1.89. The largest absolute Gasteiger partial charge is 0.154 e. The molecule has 0 saturated heterocycles. The van der Waals surface area contributed by atoms with Crippen molar-refractivity contribution in [1.29, 1.82) is 0 Å². The average molecular weight is 122 g/mol. The third kappa shape index (κ3) is 2.99. The molecule has 6 heavy (non-hydrogen) atoms. The van der Waals surface area contributed by atoms with Gasteiger partial charge in [0.1, 0.15) is 0 Å². The van der Waals surface area contributed by atoms with Crippen LogP contribution in [-0.2, 0) is 0 Å². The van der Waals surface area contributed by atoms with Crippen molar-refractivity contribution in [2.24, 2.45) is 0 Å². The topological polar surface area (TPSA) is 0 Å². The van der Waals surface area contributed by atoms with Gasteiger partial charge in [-0.25, -0.2) is 0 Å². The van der Waals surface area contributed by atoms with Crippen molar-refractivity contribution in [1.82, 2.24) is 0 Å². The summed E-state index contributed by atoms with van der Waals surface area (Å²) in [6, 6.07) is 0. The van der Waals surface area contributed by atoms with Gasteiger partial charge >= 0.3 is 0 Å². The maximum Gasteiger partial charge on any atom is -0.0178 e. The molecule has 0 amide bonds. The van der Waals surface area contributed by atoms with Gasteiger partial charge in [-0.05, 0) is 12.1 Å². The van der Waals surface area contributed by atoms with Crippen LogP contribution in [0.3, 0.4) is 0 Å². The lowest BCUT2D eigenvalue weighted by molar-refractivity contribution is 0.906. The van der Waals surface area contributed by atoms with E-state index in [0.717, 1.165) is 13.4 Å². The molecule has 0 N–H and O–H groups in total. The Balaban J connectivity index is 2.75. The minimum Gasteiger partial charge on any atom is -0.154 e. The third-order valence-electron chi connectivity index (χ3n) is 0.833. The van der Waals surface area contributed by atoms with Gasteiger partial charge in [-0.1, -0.05) is 21.6 Å². The summed E-state index contributed by atoms with van der Waals surface area (Å²) in [5.74, 6) is 0. The highest BCUT2D eigenvalue weighted by molar-refractivity contribution is 8.38. The standard InChI is InChI=1S/C4H11PS/c1-3-4(2)5-6/h4-6H,3H2,1-2H3. The summed E-state index contributed by atoms with van der Waals surface area (Å²) in [6.45, 7) is 4.40. The first-order valence-corrected chi connectivity index (χ1v) is 4.57. The molecule has 38 valence electrons. The molecule has 0 aliphatic heterocycles. The van der Waals surface area contributed by atoms with E-state index in [1.807, 2.05) is 0 Å². The molecule has 0 saturated carbocycles. The van der Waals surface area contributed by atoms with Crippen LogP contribution in [0.5, 0.6) is 0 Å². The van der Waals surface area contributed by atoms with E-state index in [-0.39, 0.29) is 0 Å². The van der Waals surface area contributed by atoms with Gasteiger partial charge in [-0.3, -0.25) is 0 Å². The van der Waals surface area contributed by atoms with Crippen LogP contribution in [0.1, 0.15) is 20.3 Å². The van der Waals surface area contributed by atoms with Crippen molar-refractivity contribution >= 4 is 20.0 Å². The minimum absolute atomic E-state index is 0.826. The molecule has 0 fully saturated rings. The SMILES string of the molecule is CCC(C)PS. The fraction of sp³-hybridized carbons (Fsp3) is 1.00. The Morgan fingerprint density at radius 2 is 2.33 bits per heavy atom. The Kier molecular flexibility index (Phi) is 4.47. The number of rotatable bonds is 2. The lowest BCUT2D eigenvalue weighted by Gasteiger charge is -1.98. The average Bonchev–Trinajstić information content (AvgIpc) is 1.65. The summed E-state index contributed by atoms with van der Waals surface area (Å²) in [4.78, 5) is 0. The monoisotopic (exact) mass is 122 g/mol. The van der Waals surface area contributed by atoms with E-state index in [2.05, 4.69) is 26.1 Å². The zero-order chi connectivity index (χ0) is 4.99. The second kappa shape index (κ2) is 3.95. The Hall–Kier alpha value is 0.780. The third-order valence-corrected chi connectivity index (χ3v) is 3.00. The van der Waals surface area contributed by atoms with Crippen LogP contribution in [0.25, 0.3) is 0 Å². The molecule has 0 heterocycles. The first kappa shape index (κ1) is 6.78. The molecule has 2 heteroatoms.